The van der Waals surface area contributed by atoms with E-state index in [0.717, 1.165) is 18.9 Å². The maximum Gasteiger partial charge on any atom is 0.0414 e. The number of nitrogens with zero attached hydrogens (tertiary/aromatic N) is 1. The molecule has 0 aromatic heterocycles. The Morgan fingerprint density at radius 2 is 2.12 bits per heavy atom. The van der Waals surface area contributed by atoms with Crippen molar-refractivity contribution in [3.8, 4) is 0 Å². The second-order valence-electron chi connectivity index (χ2n) is 5.48. The molecule has 1 aliphatic rings. The van der Waals surface area contributed by atoms with Crippen molar-refractivity contribution in [2.75, 3.05) is 18.0 Å². The summed E-state index contributed by atoms with van der Waals surface area (Å²) in [6, 6.07) is 8.83. The molecule has 0 saturated heterocycles. The number of para-hydroxylation sites is 1. The van der Waals surface area contributed by atoms with Gasteiger partial charge in [-0.3, -0.25) is 0 Å². The van der Waals surface area contributed by atoms with Gasteiger partial charge in [0.05, 0.1) is 0 Å². The Kier molecular flexibility index (Phi) is 4.06. The Bertz CT molecular complexity index is 360. The summed E-state index contributed by atoms with van der Waals surface area (Å²) in [7, 11) is 0. The second kappa shape index (κ2) is 5.54. The van der Waals surface area contributed by atoms with Crippen LogP contribution in [0.25, 0.3) is 0 Å². The van der Waals surface area contributed by atoms with Crippen LogP contribution in [-0.4, -0.2) is 13.1 Å². The van der Waals surface area contributed by atoms with Gasteiger partial charge in [-0.2, -0.15) is 0 Å². The van der Waals surface area contributed by atoms with Crippen LogP contribution in [0, 0.1) is 5.92 Å². The summed E-state index contributed by atoms with van der Waals surface area (Å²) >= 11 is 0. The van der Waals surface area contributed by atoms with Gasteiger partial charge in [0.2, 0.25) is 0 Å². The molecule has 1 atom stereocenters. The first-order chi connectivity index (χ1) is 8.18. The summed E-state index contributed by atoms with van der Waals surface area (Å²) < 4.78 is 0. The topological polar surface area (TPSA) is 29.3 Å². The third-order valence-electron chi connectivity index (χ3n) is 3.60. The van der Waals surface area contributed by atoms with Gasteiger partial charge in [0.1, 0.15) is 0 Å². The van der Waals surface area contributed by atoms with Crippen LogP contribution < -0.4 is 10.6 Å². The molecule has 0 radical (unpaired) electrons. The molecule has 0 saturated carbocycles. The Morgan fingerprint density at radius 3 is 2.88 bits per heavy atom. The fraction of sp³-hybridized carbons (Fsp3) is 0.600. The van der Waals surface area contributed by atoms with Crippen LogP contribution in [0.3, 0.4) is 0 Å². The van der Waals surface area contributed by atoms with Crippen molar-refractivity contribution < 1.29 is 0 Å². The molecule has 0 aliphatic carbocycles. The van der Waals surface area contributed by atoms with Crippen molar-refractivity contribution in [1.82, 2.24) is 0 Å². The highest BCUT2D eigenvalue weighted by molar-refractivity contribution is 5.56. The molecule has 2 rings (SSSR count). The monoisotopic (exact) mass is 232 g/mol. The number of hydrogen-bond donors (Lipinski definition) is 1. The minimum atomic E-state index is 0.229. The van der Waals surface area contributed by atoms with Gasteiger partial charge in [-0.05, 0) is 36.8 Å². The Morgan fingerprint density at radius 1 is 1.35 bits per heavy atom. The highest BCUT2D eigenvalue weighted by atomic mass is 15.1. The van der Waals surface area contributed by atoms with Crippen molar-refractivity contribution in [1.29, 1.82) is 0 Å². The average molecular weight is 232 g/mol. The molecule has 1 aromatic rings. The van der Waals surface area contributed by atoms with Gasteiger partial charge in [-0.1, -0.05) is 32.0 Å². The van der Waals surface area contributed by atoms with Gasteiger partial charge in [-0.15, -0.1) is 0 Å². The molecule has 1 aliphatic heterocycles. The van der Waals surface area contributed by atoms with Crippen LogP contribution in [0.2, 0.25) is 0 Å². The standard InChI is InChI=1S/C15H24N2/c1-12(2)6-5-10-17-11-9-14(16)13-7-3-4-8-15(13)17/h3-4,7-8,12,14H,5-6,9-11,16H2,1-2H3. The fourth-order valence-electron chi connectivity index (χ4n) is 2.58. The summed E-state index contributed by atoms with van der Waals surface area (Å²) in [6.45, 7) is 6.86. The minimum Gasteiger partial charge on any atom is -0.371 e. The van der Waals surface area contributed by atoms with Crippen LogP contribution in [0.5, 0.6) is 0 Å². The molecular formula is C15H24N2. The number of fused-ring (bicyclic) bond motifs is 1. The lowest BCUT2D eigenvalue weighted by Crippen LogP contribution is -2.34. The predicted octanol–water partition coefficient (Wildman–Crippen LogP) is 3.33. The number of nitrogens with two attached hydrogens (primary N) is 1. The summed E-state index contributed by atoms with van der Waals surface area (Å²) in [4.78, 5) is 2.50. The molecule has 2 heteroatoms. The molecule has 94 valence electrons. The first-order valence-electron chi connectivity index (χ1n) is 6.78. The third kappa shape index (κ3) is 3.01. The van der Waals surface area contributed by atoms with Crippen LogP contribution >= 0.6 is 0 Å². The molecule has 1 heterocycles. The lowest BCUT2D eigenvalue weighted by Gasteiger charge is -2.34. The van der Waals surface area contributed by atoms with Crippen molar-refractivity contribution in [2.24, 2.45) is 11.7 Å². The van der Waals surface area contributed by atoms with Gasteiger partial charge in [0.25, 0.3) is 0 Å². The number of hydrogen-bond acceptors (Lipinski definition) is 2. The zero-order valence-corrected chi connectivity index (χ0v) is 11.0. The molecule has 1 unspecified atom stereocenters. The third-order valence-corrected chi connectivity index (χ3v) is 3.60. The van der Waals surface area contributed by atoms with E-state index in [9.17, 15) is 0 Å². The lowest BCUT2D eigenvalue weighted by molar-refractivity contribution is 0.529. The average Bonchev–Trinajstić information content (AvgIpc) is 2.32. The SMILES string of the molecule is CC(C)CCCN1CCC(N)c2ccccc21. The quantitative estimate of drug-likeness (QED) is 0.862. The van der Waals surface area contributed by atoms with Crippen LogP contribution in [0.4, 0.5) is 5.69 Å². The van der Waals surface area contributed by atoms with E-state index in [-0.39, 0.29) is 6.04 Å². The predicted molar refractivity (Wildman–Crippen MR) is 74.3 cm³/mol. The van der Waals surface area contributed by atoms with E-state index in [0.29, 0.717) is 0 Å². The van der Waals surface area contributed by atoms with E-state index < -0.39 is 0 Å². The summed E-state index contributed by atoms with van der Waals surface area (Å²) in [6.07, 6.45) is 3.67. The maximum atomic E-state index is 6.16. The van der Waals surface area contributed by atoms with E-state index in [4.69, 9.17) is 5.73 Å². The molecule has 0 bridgehead atoms. The van der Waals surface area contributed by atoms with E-state index >= 15 is 0 Å². The Hall–Kier alpha value is -1.02. The van der Waals surface area contributed by atoms with E-state index in [1.807, 2.05) is 0 Å². The van der Waals surface area contributed by atoms with Gasteiger partial charge >= 0.3 is 0 Å². The van der Waals surface area contributed by atoms with Crippen LogP contribution in [-0.2, 0) is 0 Å². The Balaban J connectivity index is 2.03. The van der Waals surface area contributed by atoms with Crippen molar-refractivity contribution in [3.63, 3.8) is 0 Å². The minimum absolute atomic E-state index is 0.229. The highest BCUT2D eigenvalue weighted by Crippen LogP contribution is 2.32. The number of benzene rings is 1. The zero-order chi connectivity index (χ0) is 12.3. The lowest BCUT2D eigenvalue weighted by atomic mass is 9.96. The Labute approximate surface area is 105 Å². The summed E-state index contributed by atoms with van der Waals surface area (Å²) in [5, 5.41) is 0. The van der Waals surface area contributed by atoms with Gasteiger partial charge < -0.3 is 10.6 Å². The molecule has 1 aromatic carbocycles. The zero-order valence-electron chi connectivity index (χ0n) is 11.0. The van der Waals surface area contributed by atoms with Crippen LogP contribution in [0.1, 0.15) is 44.7 Å². The molecule has 0 fully saturated rings. The number of anilines is 1. The van der Waals surface area contributed by atoms with Crippen molar-refractivity contribution in [3.05, 3.63) is 29.8 Å². The smallest absolute Gasteiger partial charge is 0.0414 e. The van der Waals surface area contributed by atoms with E-state index in [1.54, 1.807) is 0 Å². The molecule has 17 heavy (non-hydrogen) atoms. The molecule has 0 amide bonds. The van der Waals surface area contributed by atoms with Gasteiger partial charge in [0.15, 0.2) is 0 Å². The second-order valence-corrected chi connectivity index (χ2v) is 5.48. The van der Waals surface area contributed by atoms with Gasteiger partial charge in [0, 0.05) is 24.8 Å². The van der Waals surface area contributed by atoms with Crippen molar-refractivity contribution in [2.45, 2.75) is 39.2 Å². The molecular weight excluding hydrogens is 208 g/mol. The van der Waals surface area contributed by atoms with Crippen LogP contribution in [0.15, 0.2) is 24.3 Å². The normalized spacial score (nSPS) is 19.5. The van der Waals surface area contributed by atoms with Crippen molar-refractivity contribution >= 4 is 5.69 Å². The maximum absolute atomic E-state index is 6.16. The molecule has 2 nitrogen and oxygen atoms in total. The van der Waals surface area contributed by atoms with Gasteiger partial charge in [-0.25, -0.2) is 0 Å². The molecule has 2 N–H and O–H groups in total. The molecule has 0 spiro atoms. The number of rotatable bonds is 4. The van der Waals surface area contributed by atoms with E-state index in [2.05, 4.69) is 43.0 Å². The summed E-state index contributed by atoms with van der Waals surface area (Å²) in [5.74, 6) is 0.803. The fourth-order valence-corrected chi connectivity index (χ4v) is 2.58. The van der Waals surface area contributed by atoms with E-state index in [1.165, 1.54) is 30.6 Å². The first kappa shape index (κ1) is 12.4. The summed E-state index contributed by atoms with van der Waals surface area (Å²) in [5.41, 5.74) is 8.84. The highest BCUT2D eigenvalue weighted by Gasteiger charge is 2.21. The largest absolute Gasteiger partial charge is 0.371 e. The first-order valence-corrected chi connectivity index (χ1v) is 6.78.